The first-order valence-electron chi connectivity index (χ1n) is 13.0. The van der Waals surface area contributed by atoms with Crippen LogP contribution < -0.4 is 0 Å². The fourth-order valence-electron chi connectivity index (χ4n) is 4.48. The molecule has 166 valence electrons. The molecule has 0 radical (unpaired) electrons. The summed E-state index contributed by atoms with van der Waals surface area (Å²) in [6.45, 7) is 9.38. The molecule has 1 aliphatic rings. The maximum atomic E-state index is 2.58. The van der Waals surface area contributed by atoms with E-state index >= 15 is 0 Å². The van der Waals surface area contributed by atoms with Crippen LogP contribution in [-0.2, 0) is 0 Å². The fraction of sp³-hybridized carbons (Fsp3) is 0.923. The average Bonchev–Trinajstić information content (AvgIpc) is 3.11. The molecular formula is C26H52N2. The van der Waals surface area contributed by atoms with Crippen LogP contribution in [0.3, 0.4) is 0 Å². The maximum Gasteiger partial charge on any atom is 0.100 e. The summed E-state index contributed by atoms with van der Waals surface area (Å²) in [6.07, 6.45) is 30.8. The third-order valence-corrected chi connectivity index (χ3v) is 6.37. The van der Waals surface area contributed by atoms with Crippen LogP contribution in [0.4, 0.5) is 0 Å². The summed E-state index contributed by atoms with van der Waals surface area (Å²) in [7, 11) is 0. The van der Waals surface area contributed by atoms with E-state index in [9.17, 15) is 0 Å². The van der Waals surface area contributed by atoms with Gasteiger partial charge < -0.3 is 9.80 Å². The van der Waals surface area contributed by atoms with Crippen LogP contribution in [0, 0.1) is 0 Å². The van der Waals surface area contributed by atoms with Crippen LogP contribution in [0.15, 0.2) is 12.4 Å². The monoisotopic (exact) mass is 392 g/mol. The predicted octanol–water partition coefficient (Wildman–Crippen LogP) is 8.48. The molecule has 0 aliphatic carbocycles. The third kappa shape index (κ3) is 12.0. The van der Waals surface area contributed by atoms with Gasteiger partial charge >= 0.3 is 0 Å². The van der Waals surface area contributed by atoms with Crippen molar-refractivity contribution in [1.82, 2.24) is 9.80 Å². The summed E-state index contributed by atoms with van der Waals surface area (Å²) in [5, 5.41) is 0. The van der Waals surface area contributed by atoms with Crippen molar-refractivity contribution < 1.29 is 0 Å². The number of hydrogen-bond donors (Lipinski definition) is 0. The highest BCUT2D eigenvalue weighted by Gasteiger charge is 2.23. The molecule has 0 spiro atoms. The molecule has 1 rings (SSSR count). The Balaban J connectivity index is 1.86. The molecule has 0 saturated carbocycles. The van der Waals surface area contributed by atoms with Crippen molar-refractivity contribution >= 4 is 0 Å². The Morgan fingerprint density at radius 3 is 1.21 bits per heavy atom. The Kier molecular flexibility index (Phi) is 16.7. The Morgan fingerprint density at radius 1 is 0.464 bits per heavy atom. The number of unbranched alkanes of at least 4 members (excludes halogenated alkanes) is 15. The molecule has 0 aromatic heterocycles. The minimum Gasteiger partial charge on any atom is -0.356 e. The molecule has 0 bridgehead atoms. The molecule has 0 fully saturated rings. The van der Waals surface area contributed by atoms with Gasteiger partial charge in [-0.2, -0.15) is 0 Å². The molecule has 1 unspecified atom stereocenters. The highest BCUT2D eigenvalue weighted by Crippen LogP contribution is 2.20. The first-order valence-corrected chi connectivity index (χ1v) is 13.0. The summed E-state index contributed by atoms with van der Waals surface area (Å²) in [5.74, 6) is 0. The summed E-state index contributed by atoms with van der Waals surface area (Å²) in [5.41, 5.74) is 0. The maximum absolute atomic E-state index is 2.58. The van der Waals surface area contributed by atoms with E-state index in [4.69, 9.17) is 0 Å². The van der Waals surface area contributed by atoms with Crippen molar-refractivity contribution in [1.29, 1.82) is 0 Å². The molecule has 2 heteroatoms. The van der Waals surface area contributed by atoms with Crippen LogP contribution >= 0.6 is 0 Å². The lowest BCUT2D eigenvalue weighted by Crippen LogP contribution is -2.38. The summed E-state index contributed by atoms with van der Waals surface area (Å²) in [6, 6.07) is 0. The van der Waals surface area contributed by atoms with E-state index in [0.29, 0.717) is 6.17 Å². The third-order valence-electron chi connectivity index (χ3n) is 6.37. The lowest BCUT2D eigenvalue weighted by Gasteiger charge is -2.32. The largest absolute Gasteiger partial charge is 0.356 e. The molecule has 0 amide bonds. The standard InChI is InChI=1S/C26H52N2/c1-4-7-9-10-11-12-13-14-15-16-17-18-19-20-21-23-28-25-24-27(22-8-5-2)26(28)6-3/h24-26H,4-23H2,1-3H3. The zero-order valence-electron chi connectivity index (χ0n) is 19.8. The Morgan fingerprint density at radius 2 is 0.821 bits per heavy atom. The van der Waals surface area contributed by atoms with Crippen LogP contribution in [-0.4, -0.2) is 29.1 Å². The molecule has 0 saturated heterocycles. The van der Waals surface area contributed by atoms with E-state index in [-0.39, 0.29) is 0 Å². The quantitative estimate of drug-likeness (QED) is 0.192. The van der Waals surface area contributed by atoms with Crippen molar-refractivity contribution in [3.8, 4) is 0 Å². The van der Waals surface area contributed by atoms with E-state index < -0.39 is 0 Å². The lowest BCUT2D eigenvalue weighted by atomic mass is 10.0. The van der Waals surface area contributed by atoms with E-state index in [1.165, 1.54) is 129 Å². The second-order valence-corrected chi connectivity index (χ2v) is 8.97. The van der Waals surface area contributed by atoms with Crippen molar-refractivity contribution in [2.75, 3.05) is 13.1 Å². The molecular weight excluding hydrogens is 340 g/mol. The Labute approximate surface area is 178 Å². The van der Waals surface area contributed by atoms with Crippen molar-refractivity contribution in [3.05, 3.63) is 12.4 Å². The molecule has 2 nitrogen and oxygen atoms in total. The van der Waals surface area contributed by atoms with Gasteiger partial charge in [0.15, 0.2) is 0 Å². The van der Waals surface area contributed by atoms with Gasteiger partial charge in [0.05, 0.1) is 0 Å². The SMILES string of the molecule is CCCCCCCCCCCCCCCCCN1C=CN(CCCC)C1CC. The Bertz CT molecular complexity index is 352. The summed E-state index contributed by atoms with van der Waals surface area (Å²) < 4.78 is 0. The predicted molar refractivity (Wildman–Crippen MR) is 126 cm³/mol. The average molecular weight is 393 g/mol. The van der Waals surface area contributed by atoms with Crippen LogP contribution in [0.1, 0.15) is 136 Å². The Hall–Kier alpha value is -0.660. The van der Waals surface area contributed by atoms with Gasteiger partial charge in [0.25, 0.3) is 0 Å². The number of hydrogen-bond acceptors (Lipinski definition) is 2. The van der Waals surface area contributed by atoms with Crippen LogP contribution in [0.25, 0.3) is 0 Å². The van der Waals surface area contributed by atoms with E-state index in [0.717, 1.165) is 0 Å². The number of rotatable bonds is 20. The molecule has 0 aromatic rings. The second-order valence-electron chi connectivity index (χ2n) is 8.97. The van der Waals surface area contributed by atoms with E-state index in [1.807, 2.05) is 0 Å². The minimum absolute atomic E-state index is 0.623. The highest BCUT2D eigenvalue weighted by atomic mass is 15.4. The highest BCUT2D eigenvalue weighted by molar-refractivity contribution is 4.96. The molecule has 28 heavy (non-hydrogen) atoms. The van der Waals surface area contributed by atoms with Gasteiger partial charge in [-0.1, -0.05) is 117 Å². The van der Waals surface area contributed by atoms with Crippen molar-refractivity contribution in [2.45, 2.75) is 143 Å². The normalized spacial score (nSPS) is 16.5. The topological polar surface area (TPSA) is 6.48 Å². The first kappa shape index (κ1) is 25.4. The van der Waals surface area contributed by atoms with Crippen LogP contribution in [0.2, 0.25) is 0 Å². The summed E-state index contributed by atoms with van der Waals surface area (Å²) >= 11 is 0. The number of nitrogens with zero attached hydrogens (tertiary/aromatic N) is 2. The van der Waals surface area contributed by atoms with E-state index in [1.54, 1.807) is 0 Å². The second kappa shape index (κ2) is 18.4. The first-order chi connectivity index (χ1) is 13.8. The van der Waals surface area contributed by atoms with Gasteiger partial charge in [0, 0.05) is 25.5 Å². The van der Waals surface area contributed by atoms with E-state index in [2.05, 4.69) is 43.0 Å². The molecule has 0 N–H and O–H groups in total. The van der Waals surface area contributed by atoms with Gasteiger partial charge in [-0.3, -0.25) is 0 Å². The van der Waals surface area contributed by atoms with Gasteiger partial charge in [-0.05, 0) is 19.3 Å². The van der Waals surface area contributed by atoms with Gasteiger partial charge in [0.2, 0.25) is 0 Å². The smallest absolute Gasteiger partial charge is 0.100 e. The van der Waals surface area contributed by atoms with Gasteiger partial charge in [-0.15, -0.1) is 0 Å². The molecule has 0 aromatic carbocycles. The molecule has 1 atom stereocenters. The molecule has 1 aliphatic heterocycles. The minimum atomic E-state index is 0.623. The summed E-state index contributed by atoms with van der Waals surface area (Å²) in [4.78, 5) is 5.13. The van der Waals surface area contributed by atoms with Crippen LogP contribution in [0.5, 0.6) is 0 Å². The lowest BCUT2D eigenvalue weighted by molar-refractivity contribution is 0.144. The van der Waals surface area contributed by atoms with Crippen molar-refractivity contribution in [2.24, 2.45) is 0 Å². The zero-order chi connectivity index (χ0) is 20.3. The zero-order valence-corrected chi connectivity index (χ0v) is 19.8. The molecule has 1 heterocycles. The van der Waals surface area contributed by atoms with Gasteiger partial charge in [0.1, 0.15) is 6.17 Å². The van der Waals surface area contributed by atoms with Gasteiger partial charge in [-0.25, -0.2) is 0 Å². The van der Waals surface area contributed by atoms with Crippen molar-refractivity contribution in [3.63, 3.8) is 0 Å². The fourth-order valence-corrected chi connectivity index (χ4v) is 4.48.